The van der Waals surface area contributed by atoms with Crippen molar-refractivity contribution in [2.75, 3.05) is 0 Å². The van der Waals surface area contributed by atoms with Gasteiger partial charge in [-0.15, -0.1) is 12.6 Å². The molecule has 0 bridgehead atoms. The molecule has 3 aromatic rings. The number of rotatable bonds is 0. The molecule has 4 heteroatoms. The van der Waals surface area contributed by atoms with E-state index < -0.39 is 11.7 Å². The van der Waals surface area contributed by atoms with E-state index in [4.69, 9.17) is 0 Å². The largest absolute Gasteiger partial charge is 0.416 e. The quantitative estimate of drug-likeness (QED) is 0.418. The van der Waals surface area contributed by atoms with Crippen LogP contribution in [-0.4, -0.2) is 0 Å². The summed E-state index contributed by atoms with van der Waals surface area (Å²) in [4.78, 5) is 0.583. The van der Waals surface area contributed by atoms with Crippen LogP contribution in [0.15, 0.2) is 53.4 Å². The van der Waals surface area contributed by atoms with E-state index in [1.54, 1.807) is 0 Å². The van der Waals surface area contributed by atoms with Crippen LogP contribution in [0.1, 0.15) is 5.56 Å². The first-order valence-corrected chi connectivity index (χ1v) is 6.13. The van der Waals surface area contributed by atoms with E-state index in [-0.39, 0.29) is 0 Å². The molecule has 0 amide bonds. The lowest BCUT2D eigenvalue weighted by atomic mass is 10.0. The van der Waals surface area contributed by atoms with E-state index in [0.717, 1.165) is 28.3 Å². The minimum Gasteiger partial charge on any atom is -0.166 e. The highest BCUT2D eigenvalue weighted by Crippen LogP contribution is 2.36. The average Bonchev–Trinajstić information content (AvgIpc) is 2.37. The second-order valence-corrected chi connectivity index (χ2v) is 4.83. The zero-order valence-corrected chi connectivity index (χ0v) is 10.6. The van der Waals surface area contributed by atoms with Crippen molar-refractivity contribution in [2.24, 2.45) is 0 Å². The van der Waals surface area contributed by atoms with Gasteiger partial charge in [-0.05, 0) is 39.7 Å². The summed E-state index contributed by atoms with van der Waals surface area (Å²) in [5.41, 5.74) is -0.648. The highest BCUT2D eigenvalue weighted by molar-refractivity contribution is 7.80. The molecule has 0 saturated carbocycles. The van der Waals surface area contributed by atoms with Crippen molar-refractivity contribution in [1.29, 1.82) is 0 Å². The van der Waals surface area contributed by atoms with Gasteiger partial charge in [0.05, 0.1) is 5.56 Å². The van der Waals surface area contributed by atoms with Crippen LogP contribution in [-0.2, 0) is 6.18 Å². The Morgan fingerprint density at radius 3 is 2.21 bits per heavy atom. The van der Waals surface area contributed by atoms with E-state index >= 15 is 0 Å². The van der Waals surface area contributed by atoms with Crippen molar-refractivity contribution >= 4 is 34.2 Å². The van der Waals surface area contributed by atoms with Gasteiger partial charge in [-0.2, -0.15) is 13.2 Å². The van der Waals surface area contributed by atoms with Crippen molar-refractivity contribution in [3.63, 3.8) is 0 Å². The third kappa shape index (κ3) is 2.06. The Bertz CT molecular complexity index is 775. The molecule has 0 saturated heterocycles. The predicted molar refractivity (Wildman–Crippen MR) is 73.7 cm³/mol. The minimum absolute atomic E-state index is 0.525. The normalized spacial score (nSPS) is 12.2. The van der Waals surface area contributed by atoms with Gasteiger partial charge < -0.3 is 0 Å². The molecule has 3 aromatic carbocycles. The third-order valence-corrected chi connectivity index (χ3v) is 3.64. The minimum atomic E-state index is -4.33. The Labute approximate surface area is 113 Å². The maximum absolute atomic E-state index is 12.7. The number of hydrogen-bond donors (Lipinski definition) is 1. The molecule has 0 heterocycles. The maximum atomic E-state index is 12.7. The molecule has 0 aromatic heterocycles. The third-order valence-electron chi connectivity index (χ3n) is 3.16. The Kier molecular flexibility index (Phi) is 2.71. The summed E-state index contributed by atoms with van der Waals surface area (Å²) in [6.07, 6.45) is -4.33. The Morgan fingerprint density at radius 1 is 0.789 bits per heavy atom. The van der Waals surface area contributed by atoms with Gasteiger partial charge in [-0.3, -0.25) is 0 Å². The molecule has 19 heavy (non-hydrogen) atoms. The van der Waals surface area contributed by atoms with Gasteiger partial charge in [0.1, 0.15) is 0 Å². The van der Waals surface area contributed by atoms with Crippen LogP contribution >= 0.6 is 12.6 Å². The van der Waals surface area contributed by atoms with Crippen LogP contribution in [0.5, 0.6) is 0 Å². The van der Waals surface area contributed by atoms with Crippen molar-refractivity contribution in [3.8, 4) is 0 Å². The van der Waals surface area contributed by atoms with E-state index in [1.165, 1.54) is 6.07 Å². The molecule has 96 valence electrons. The maximum Gasteiger partial charge on any atom is 0.416 e. The molecular weight excluding hydrogens is 269 g/mol. The van der Waals surface area contributed by atoms with Crippen molar-refractivity contribution in [1.82, 2.24) is 0 Å². The van der Waals surface area contributed by atoms with Crippen molar-refractivity contribution in [2.45, 2.75) is 11.1 Å². The van der Waals surface area contributed by atoms with Crippen molar-refractivity contribution < 1.29 is 13.2 Å². The molecule has 0 unspecified atom stereocenters. The second kappa shape index (κ2) is 4.17. The summed E-state index contributed by atoms with van der Waals surface area (Å²) in [6, 6.07) is 13.2. The Hall–Kier alpha value is -1.68. The monoisotopic (exact) mass is 278 g/mol. The average molecular weight is 278 g/mol. The lowest BCUT2D eigenvalue weighted by molar-refractivity contribution is -0.137. The topological polar surface area (TPSA) is 0 Å². The molecule has 0 atom stereocenters. The Morgan fingerprint density at radius 2 is 1.47 bits per heavy atom. The lowest BCUT2D eigenvalue weighted by Crippen LogP contribution is -2.04. The fraction of sp³-hybridized carbons (Fsp3) is 0.0667. The molecule has 0 fully saturated rings. The number of thiol groups is 1. The fourth-order valence-corrected chi connectivity index (χ4v) is 2.61. The molecule has 0 aliphatic carbocycles. The zero-order valence-electron chi connectivity index (χ0n) is 9.70. The number of hydrogen-bond acceptors (Lipinski definition) is 1. The summed E-state index contributed by atoms with van der Waals surface area (Å²) >= 11 is 4.39. The van der Waals surface area contributed by atoms with Crippen LogP contribution in [0.25, 0.3) is 21.5 Å². The van der Waals surface area contributed by atoms with E-state index in [1.807, 2.05) is 30.3 Å². The molecule has 0 N–H and O–H groups in total. The standard InChI is InChI=1S/C15H9F3S/c16-15(17,18)11-6-5-10-7-9-3-1-2-4-12(9)14(19)13(10)8-11/h1-8,19H. The number of alkyl halides is 3. The molecule has 0 nitrogen and oxygen atoms in total. The van der Waals surface area contributed by atoms with Crippen LogP contribution in [0, 0.1) is 0 Å². The molecule has 0 spiro atoms. The summed E-state index contributed by atoms with van der Waals surface area (Å²) in [5.74, 6) is 0. The molecule has 3 rings (SSSR count). The summed E-state index contributed by atoms with van der Waals surface area (Å²) in [7, 11) is 0. The van der Waals surface area contributed by atoms with E-state index in [9.17, 15) is 13.2 Å². The number of fused-ring (bicyclic) bond motifs is 2. The van der Waals surface area contributed by atoms with Crippen LogP contribution in [0.2, 0.25) is 0 Å². The van der Waals surface area contributed by atoms with Gasteiger partial charge in [0.2, 0.25) is 0 Å². The Balaban J connectivity index is 2.40. The van der Waals surface area contributed by atoms with Gasteiger partial charge in [-0.1, -0.05) is 30.3 Å². The fourth-order valence-electron chi connectivity index (χ4n) is 2.21. The van der Waals surface area contributed by atoms with Gasteiger partial charge >= 0.3 is 6.18 Å². The highest BCUT2D eigenvalue weighted by Gasteiger charge is 2.30. The van der Waals surface area contributed by atoms with E-state index in [2.05, 4.69) is 12.6 Å². The van der Waals surface area contributed by atoms with Gasteiger partial charge in [0, 0.05) is 4.90 Å². The SMILES string of the molecule is FC(F)(F)c1ccc2cc3ccccc3c(S)c2c1. The van der Waals surface area contributed by atoms with Gasteiger partial charge in [0.15, 0.2) is 0 Å². The van der Waals surface area contributed by atoms with Gasteiger partial charge in [0.25, 0.3) is 0 Å². The zero-order chi connectivity index (χ0) is 13.6. The first kappa shape index (κ1) is 12.4. The summed E-state index contributed by atoms with van der Waals surface area (Å²) in [6.45, 7) is 0. The highest BCUT2D eigenvalue weighted by atomic mass is 32.1. The first-order valence-electron chi connectivity index (χ1n) is 5.68. The number of benzene rings is 3. The molecule has 0 aliphatic rings. The van der Waals surface area contributed by atoms with Gasteiger partial charge in [-0.25, -0.2) is 0 Å². The van der Waals surface area contributed by atoms with Crippen LogP contribution in [0.4, 0.5) is 13.2 Å². The smallest absolute Gasteiger partial charge is 0.166 e. The molecule has 0 aliphatic heterocycles. The molecular formula is C15H9F3S. The summed E-state index contributed by atoms with van der Waals surface area (Å²) < 4.78 is 38.2. The first-order chi connectivity index (χ1) is 8.97. The lowest BCUT2D eigenvalue weighted by Gasteiger charge is -2.11. The predicted octanol–water partition coefficient (Wildman–Crippen LogP) is 5.30. The van der Waals surface area contributed by atoms with E-state index in [0.29, 0.717) is 10.3 Å². The second-order valence-electron chi connectivity index (χ2n) is 4.38. The van der Waals surface area contributed by atoms with Crippen LogP contribution in [0.3, 0.4) is 0 Å². The van der Waals surface area contributed by atoms with Crippen LogP contribution < -0.4 is 0 Å². The van der Waals surface area contributed by atoms with Crippen molar-refractivity contribution in [3.05, 3.63) is 54.1 Å². The number of halogens is 3. The molecule has 0 radical (unpaired) electrons. The summed E-state index contributed by atoms with van der Waals surface area (Å²) in [5, 5.41) is 3.12.